The average Bonchev–Trinajstić information content (AvgIpc) is 2.77. The Bertz CT molecular complexity index is 1050. The Kier molecular flexibility index (Phi) is 12.7. The van der Waals surface area contributed by atoms with Gasteiger partial charge in [0.25, 0.3) is 10.1 Å². The van der Waals surface area contributed by atoms with E-state index < -0.39 is 39.8 Å². The lowest BCUT2D eigenvalue weighted by Crippen LogP contribution is -2.35. The highest BCUT2D eigenvalue weighted by Crippen LogP contribution is 2.25. The van der Waals surface area contributed by atoms with Crippen LogP contribution in [0.5, 0.6) is 5.75 Å². The zero-order chi connectivity index (χ0) is 26.6. The summed E-state index contributed by atoms with van der Waals surface area (Å²) >= 11 is 0. The molecule has 35 heavy (non-hydrogen) atoms. The second-order valence-electron chi connectivity index (χ2n) is 8.63. The van der Waals surface area contributed by atoms with Gasteiger partial charge in [0.05, 0.1) is 13.0 Å². The molecule has 0 bridgehead atoms. The number of fused-ring (bicyclic) bond motifs is 1. The summed E-state index contributed by atoms with van der Waals surface area (Å²) in [6, 6.07) is 14.4. The van der Waals surface area contributed by atoms with Crippen molar-refractivity contribution in [2.75, 3.05) is 19.8 Å². The van der Waals surface area contributed by atoms with Gasteiger partial charge in [-0.05, 0) is 17.4 Å². The topological polar surface area (TPSA) is 159 Å². The van der Waals surface area contributed by atoms with Crippen LogP contribution in [0.1, 0.15) is 34.1 Å². The van der Waals surface area contributed by atoms with Gasteiger partial charge in [-0.3, -0.25) is 14.1 Å². The van der Waals surface area contributed by atoms with Gasteiger partial charge in [-0.1, -0.05) is 64.1 Å². The zero-order valence-corrected chi connectivity index (χ0v) is 21.2. The third-order valence-electron chi connectivity index (χ3n) is 4.48. The van der Waals surface area contributed by atoms with Crippen LogP contribution in [0.2, 0.25) is 0 Å². The molecule has 0 heterocycles. The molecule has 2 unspecified atom stereocenters. The minimum Gasteiger partial charge on any atom is -0.490 e. The Morgan fingerprint density at radius 3 is 2.20 bits per heavy atom. The molecule has 196 valence electrons. The number of aliphatic hydroxyl groups excluding tert-OH is 1. The second-order valence-corrected chi connectivity index (χ2v) is 10.2. The summed E-state index contributed by atoms with van der Waals surface area (Å²) in [5, 5.41) is 21.6. The maximum Gasteiger partial charge on any atom is 0.327 e. The fourth-order valence-electron chi connectivity index (χ4n) is 2.75. The van der Waals surface area contributed by atoms with Gasteiger partial charge in [-0.15, -0.1) is 0 Å². The van der Waals surface area contributed by atoms with Crippen LogP contribution < -0.4 is 10.1 Å². The predicted molar refractivity (Wildman–Crippen MR) is 132 cm³/mol. The van der Waals surface area contributed by atoms with Crippen LogP contribution in [-0.2, 0) is 24.4 Å². The molecule has 10 nitrogen and oxygen atoms in total. The second kappa shape index (κ2) is 14.6. The van der Waals surface area contributed by atoms with E-state index >= 15 is 0 Å². The number of carboxylic acid groups (broad SMARTS) is 1. The van der Waals surface area contributed by atoms with E-state index in [0.717, 1.165) is 16.5 Å². The maximum absolute atomic E-state index is 11.2. The number of aliphatic carboxylic acids is 1. The molecule has 4 N–H and O–H groups in total. The first-order chi connectivity index (χ1) is 16.3. The Labute approximate surface area is 206 Å². The highest BCUT2D eigenvalue weighted by molar-refractivity contribution is 7.87. The number of carboxylic acids is 1. The summed E-state index contributed by atoms with van der Waals surface area (Å²) in [6.45, 7) is 8.37. The number of rotatable bonds is 12. The first-order valence-corrected chi connectivity index (χ1v) is 12.7. The third-order valence-corrected chi connectivity index (χ3v) is 5.56. The van der Waals surface area contributed by atoms with Crippen molar-refractivity contribution in [3.8, 4) is 5.75 Å². The fourth-order valence-corrected chi connectivity index (χ4v) is 3.41. The summed E-state index contributed by atoms with van der Waals surface area (Å²) < 4.78 is 40.4. The highest BCUT2D eigenvalue weighted by atomic mass is 32.2. The van der Waals surface area contributed by atoms with Crippen molar-refractivity contribution in [2.24, 2.45) is 5.92 Å². The van der Waals surface area contributed by atoms with Crippen molar-refractivity contribution in [2.45, 2.75) is 51.5 Å². The quantitative estimate of drug-likeness (QED) is 0.245. The minimum atomic E-state index is -4.76. The van der Waals surface area contributed by atoms with Crippen LogP contribution in [0.25, 0.3) is 10.8 Å². The van der Waals surface area contributed by atoms with E-state index in [1.54, 1.807) is 13.8 Å². The van der Waals surface area contributed by atoms with E-state index in [0.29, 0.717) is 19.2 Å². The summed E-state index contributed by atoms with van der Waals surface area (Å²) in [5.41, 5.74) is 0. The van der Waals surface area contributed by atoms with Crippen molar-refractivity contribution >= 4 is 32.8 Å². The first kappa shape index (κ1) is 30.3. The van der Waals surface area contributed by atoms with Crippen molar-refractivity contribution in [3.63, 3.8) is 0 Å². The number of hydrogen-bond donors (Lipinski definition) is 4. The van der Waals surface area contributed by atoms with Gasteiger partial charge in [0.15, 0.2) is 5.25 Å². The smallest absolute Gasteiger partial charge is 0.327 e. The van der Waals surface area contributed by atoms with E-state index in [2.05, 4.69) is 36.0 Å². The lowest BCUT2D eigenvalue weighted by atomic mass is 10.1. The number of aliphatic hydroxyl groups is 1. The Morgan fingerprint density at radius 2 is 1.63 bits per heavy atom. The molecular formula is C24H35NO9S. The fraction of sp³-hybridized carbons (Fsp3) is 0.500. The van der Waals surface area contributed by atoms with Crippen LogP contribution in [0.3, 0.4) is 0 Å². The molecule has 0 saturated carbocycles. The van der Waals surface area contributed by atoms with Crippen LogP contribution in [0.4, 0.5) is 0 Å². The first-order valence-electron chi connectivity index (χ1n) is 11.2. The molecule has 0 saturated heterocycles. The van der Waals surface area contributed by atoms with E-state index in [4.69, 9.17) is 14.4 Å². The summed E-state index contributed by atoms with van der Waals surface area (Å²) in [5.74, 6) is -1.96. The molecule has 2 aromatic rings. The Morgan fingerprint density at radius 1 is 1.00 bits per heavy atom. The number of carbonyl (C=O) groups excluding carboxylic acids is 1. The third kappa shape index (κ3) is 12.0. The maximum atomic E-state index is 11.2. The summed E-state index contributed by atoms with van der Waals surface area (Å²) in [6.07, 6.45) is -1.52. The number of ether oxygens (including phenoxy) is 2. The predicted octanol–water partition coefficient (Wildman–Crippen LogP) is 2.49. The van der Waals surface area contributed by atoms with Gasteiger partial charge >= 0.3 is 11.9 Å². The van der Waals surface area contributed by atoms with Gasteiger partial charge in [0.2, 0.25) is 0 Å². The van der Waals surface area contributed by atoms with Crippen molar-refractivity contribution in [3.05, 3.63) is 42.5 Å². The molecule has 0 aliphatic rings. The molecule has 0 aromatic heterocycles. The van der Waals surface area contributed by atoms with Crippen LogP contribution >= 0.6 is 0 Å². The number of benzene rings is 2. The van der Waals surface area contributed by atoms with Crippen molar-refractivity contribution in [1.29, 1.82) is 0 Å². The van der Waals surface area contributed by atoms with Crippen LogP contribution in [-0.4, -0.2) is 72.3 Å². The van der Waals surface area contributed by atoms with Crippen molar-refractivity contribution in [1.82, 2.24) is 5.32 Å². The molecule has 2 aromatic carbocycles. The van der Waals surface area contributed by atoms with Crippen molar-refractivity contribution < 1.29 is 42.2 Å². The largest absolute Gasteiger partial charge is 0.490 e. The molecule has 0 aliphatic heterocycles. The lowest BCUT2D eigenvalue weighted by Gasteiger charge is -2.15. The highest BCUT2D eigenvalue weighted by Gasteiger charge is 2.35. The molecule has 2 atom stereocenters. The molecule has 0 spiro atoms. The number of nitrogens with one attached hydrogen (secondary N) is 1. The van der Waals surface area contributed by atoms with E-state index in [-0.39, 0.29) is 12.5 Å². The minimum absolute atomic E-state index is 0.0178. The zero-order valence-electron chi connectivity index (χ0n) is 20.4. The molecule has 0 amide bonds. The number of hydrogen-bond acceptors (Lipinski definition) is 8. The molecule has 0 aliphatic carbocycles. The lowest BCUT2D eigenvalue weighted by molar-refractivity contribution is -0.148. The van der Waals surface area contributed by atoms with Gasteiger partial charge in [0.1, 0.15) is 18.5 Å². The average molecular weight is 514 g/mol. The summed E-state index contributed by atoms with van der Waals surface area (Å²) in [7, 11) is -4.76. The normalized spacial score (nSPS) is 13.1. The molecular weight excluding hydrogens is 478 g/mol. The SMILES string of the molecule is CC(C)COC(=O)C(CC(=O)O)S(=O)(=O)O.CC(C)NCC(O)COc1cccc2ccccc12. The van der Waals surface area contributed by atoms with Gasteiger partial charge in [0, 0.05) is 18.0 Å². The van der Waals surface area contributed by atoms with Crippen LogP contribution in [0.15, 0.2) is 42.5 Å². The molecule has 0 fully saturated rings. The van der Waals surface area contributed by atoms with Gasteiger partial charge in [-0.2, -0.15) is 8.42 Å². The van der Waals surface area contributed by atoms with E-state index in [1.807, 2.05) is 30.3 Å². The molecule has 11 heteroatoms. The van der Waals surface area contributed by atoms with E-state index in [1.165, 1.54) is 0 Å². The van der Waals surface area contributed by atoms with E-state index in [9.17, 15) is 23.1 Å². The standard InChI is InChI=1S/C16H21NO2.C8H14O7S/c1-12(2)17-10-14(18)11-19-16-9-5-7-13-6-3-4-8-15(13)16;1-5(2)4-15-8(11)6(3-7(9)10)16(12,13)14/h3-9,12,14,17-18H,10-11H2,1-2H3;5-6H,3-4H2,1-2H3,(H,9,10)(H,12,13,14). The monoisotopic (exact) mass is 513 g/mol. The number of esters is 1. The van der Waals surface area contributed by atoms with Gasteiger partial charge in [-0.25, -0.2) is 0 Å². The molecule has 2 rings (SSSR count). The van der Waals surface area contributed by atoms with Gasteiger partial charge < -0.3 is 25.0 Å². The Hall–Kier alpha value is -2.73. The Balaban J connectivity index is 0.000000357. The summed E-state index contributed by atoms with van der Waals surface area (Å²) in [4.78, 5) is 21.5. The molecule has 0 radical (unpaired) electrons. The van der Waals surface area contributed by atoms with Crippen LogP contribution in [0, 0.1) is 5.92 Å². The number of carbonyl (C=O) groups is 2.